The molecule has 4 rings (SSSR count). The lowest BCUT2D eigenvalue weighted by atomic mass is 9.93. The summed E-state index contributed by atoms with van der Waals surface area (Å²) in [6.45, 7) is 4.62. The standard InChI is InChI=1S/C25H26F4N4O/c1-13(26)17-6-5-7-18(21(17)27)14(2)30-23-19-12-20(16-8-10-25(28,29)11-9-16)33(4)24(34)22(19)31-15(3)32-23/h5-8,12-14H,9-11H2,1-4H3,(H,30,31,32)/t13?,14-/m1/s1. The molecule has 180 valence electrons. The molecule has 2 atom stereocenters. The molecule has 3 aromatic rings. The summed E-state index contributed by atoms with van der Waals surface area (Å²) in [6, 6.07) is 5.66. The number of hydrogen-bond acceptors (Lipinski definition) is 4. The Morgan fingerprint density at radius 1 is 1.18 bits per heavy atom. The smallest absolute Gasteiger partial charge is 0.277 e. The quantitative estimate of drug-likeness (QED) is 0.449. The fourth-order valence-electron chi connectivity index (χ4n) is 4.32. The highest BCUT2D eigenvalue weighted by Crippen LogP contribution is 2.37. The second kappa shape index (κ2) is 8.85. The van der Waals surface area contributed by atoms with Gasteiger partial charge in [-0.2, -0.15) is 0 Å². The number of nitrogens with zero attached hydrogens (tertiary/aromatic N) is 3. The van der Waals surface area contributed by atoms with Crippen molar-refractivity contribution >= 4 is 22.3 Å². The number of nitrogens with one attached hydrogen (secondary N) is 1. The molecule has 0 bridgehead atoms. The monoisotopic (exact) mass is 474 g/mol. The number of aromatic nitrogens is 3. The van der Waals surface area contributed by atoms with E-state index < -0.39 is 24.0 Å². The van der Waals surface area contributed by atoms with Gasteiger partial charge in [0.05, 0.1) is 11.4 Å². The molecule has 0 amide bonds. The summed E-state index contributed by atoms with van der Waals surface area (Å²) in [4.78, 5) is 21.8. The van der Waals surface area contributed by atoms with Gasteiger partial charge >= 0.3 is 0 Å². The van der Waals surface area contributed by atoms with Crippen molar-refractivity contribution in [3.63, 3.8) is 0 Å². The Morgan fingerprint density at radius 2 is 1.88 bits per heavy atom. The van der Waals surface area contributed by atoms with Crippen LogP contribution >= 0.6 is 0 Å². The molecule has 9 heteroatoms. The van der Waals surface area contributed by atoms with Crippen LogP contribution in [0.25, 0.3) is 16.5 Å². The molecule has 34 heavy (non-hydrogen) atoms. The highest BCUT2D eigenvalue weighted by atomic mass is 19.3. The van der Waals surface area contributed by atoms with Crippen LogP contribution in [0.15, 0.2) is 35.1 Å². The molecule has 1 aliphatic rings. The molecular formula is C25H26F4N4O. The van der Waals surface area contributed by atoms with Crippen LogP contribution in [0.4, 0.5) is 23.4 Å². The molecule has 0 saturated carbocycles. The average molecular weight is 475 g/mol. The highest BCUT2D eigenvalue weighted by Gasteiger charge is 2.32. The number of benzene rings is 1. The third kappa shape index (κ3) is 4.43. The lowest BCUT2D eigenvalue weighted by molar-refractivity contribution is -0.00608. The Kier molecular flexibility index (Phi) is 6.22. The van der Waals surface area contributed by atoms with E-state index in [1.807, 2.05) is 0 Å². The van der Waals surface area contributed by atoms with Gasteiger partial charge in [-0.1, -0.05) is 24.3 Å². The third-order valence-electron chi connectivity index (χ3n) is 6.25. The zero-order valence-corrected chi connectivity index (χ0v) is 19.4. The largest absolute Gasteiger partial charge is 0.363 e. The fourth-order valence-corrected chi connectivity index (χ4v) is 4.32. The zero-order chi connectivity index (χ0) is 24.8. The van der Waals surface area contributed by atoms with Crippen molar-refractivity contribution in [2.24, 2.45) is 7.05 Å². The van der Waals surface area contributed by atoms with E-state index in [2.05, 4.69) is 15.3 Å². The van der Waals surface area contributed by atoms with Gasteiger partial charge in [0.15, 0.2) is 0 Å². The lowest BCUT2D eigenvalue weighted by Gasteiger charge is -2.23. The molecule has 0 aliphatic heterocycles. The number of rotatable bonds is 5. The summed E-state index contributed by atoms with van der Waals surface area (Å²) in [5.41, 5.74) is 1.17. The van der Waals surface area contributed by atoms with E-state index >= 15 is 0 Å². The molecule has 1 aromatic carbocycles. The van der Waals surface area contributed by atoms with Gasteiger partial charge in [-0.05, 0) is 38.8 Å². The van der Waals surface area contributed by atoms with Gasteiger partial charge in [-0.3, -0.25) is 4.79 Å². The summed E-state index contributed by atoms with van der Waals surface area (Å²) < 4.78 is 57.4. The predicted molar refractivity (Wildman–Crippen MR) is 124 cm³/mol. The van der Waals surface area contributed by atoms with Crippen LogP contribution in [0, 0.1) is 12.7 Å². The Labute approximate surface area is 194 Å². The summed E-state index contributed by atoms with van der Waals surface area (Å²) in [5, 5.41) is 3.54. The van der Waals surface area contributed by atoms with E-state index in [9.17, 15) is 22.4 Å². The van der Waals surface area contributed by atoms with Gasteiger partial charge in [-0.25, -0.2) is 27.5 Å². The van der Waals surface area contributed by atoms with Crippen molar-refractivity contribution in [3.05, 3.63) is 69.2 Å². The first kappa shape index (κ1) is 23.9. The highest BCUT2D eigenvalue weighted by molar-refractivity contribution is 5.91. The van der Waals surface area contributed by atoms with Gasteiger partial charge < -0.3 is 9.88 Å². The Morgan fingerprint density at radius 3 is 2.53 bits per heavy atom. The van der Waals surface area contributed by atoms with Gasteiger partial charge in [0.2, 0.25) is 0 Å². The van der Waals surface area contributed by atoms with Crippen molar-refractivity contribution < 1.29 is 17.6 Å². The molecule has 0 saturated heterocycles. The van der Waals surface area contributed by atoms with Crippen LogP contribution in [-0.4, -0.2) is 20.5 Å². The van der Waals surface area contributed by atoms with Crippen molar-refractivity contribution in [3.8, 4) is 0 Å². The van der Waals surface area contributed by atoms with Gasteiger partial charge in [-0.15, -0.1) is 0 Å². The van der Waals surface area contributed by atoms with E-state index in [1.165, 1.54) is 23.6 Å². The SMILES string of the molecule is Cc1nc(N[C@H](C)c2cccc(C(C)F)c2F)c2cc(C3=CCC(F)(F)CC3)n(C)c(=O)c2n1. The molecule has 1 unspecified atom stereocenters. The lowest BCUT2D eigenvalue weighted by Crippen LogP contribution is -2.24. The Balaban J connectivity index is 1.81. The van der Waals surface area contributed by atoms with E-state index in [4.69, 9.17) is 0 Å². The predicted octanol–water partition coefficient (Wildman–Crippen LogP) is 6.18. The van der Waals surface area contributed by atoms with Crippen LogP contribution in [0.2, 0.25) is 0 Å². The van der Waals surface area contributed by atoms with Gasteiger partial charge in [0.25, 0.3) is 11.5 Å². The van der Waals surface area contributed by atoms with Gasteiger partial charge in [0, 0.05) is 36.7 Å². The fraction of sp³-hybridized carbons (Fsp3) is 0.400. The number of anilines is 1. The first-order valence-corrected chi connectivity index (χ1v) is 11.1. The molecule has 1 N–H and O–H groups in total. The van der Waals surface area contributed by atoms with E-state index in [0.29, 0.717) is 28.3 Å². The number of halogens is 4. The summed E-state index contributed by atoms with van der Waals surface area (Å²) >= 11 is 0. The number of aryl methyl sites for hydroxylation is 1. The van der Waals surface area contributed by atoms with Crippen molar-refractivity contribution in [2.75, 3.05) is 5.32 Å². The second-order valence-corrected chi connectivity index (χ2v) is 8.80. The zero-order valence-electron chi connectivity index (χ0n) is 19.4. The van der Waals surface area contributed by atoms with Crippen LogP contribution in [0.1, 0.15) is 68.0 Å². The third-order valence-corrected chi connectivity index (χ3v) is 6.25. The molecular weight excluding hydrogens is 448 g/mol. The van der Waals surface area contributed by atoms with E-state index in [1.54, 1.807) is 39.1 Å². The Hall–Kier alpha value is -3.23. The van der Waals surface area contributed by atoms with E-state index in [0.717, 1.165) is 0 Å². The molecule has 2 aromatic heterocycles. The van der Waals surface area contributed by atoms with Crippen molar-refractivity contribution in [1.29, 1.82) is 0 Å². The average Bonchev–Trinajstić information content (AvgIpc) is 2.76. The van der Waals surface area contributed by atoms with Crippen LogP contribution in [-0.2, 0) is 7.05 Å². The molecule has 0 radical (unpaired) electrons. The summed E-state index contributed by atoms with van der Waals surface area (Å²) in [5.74, 6) is -2.74. The van der Waals surface area contributed by atoms with Crippen LogP contribution in [0.5, 0.6) is 0 Å². The maximum absolute atomic E-state index is 14.9. The molecule has 0 spiro atoms. The normalized spacial score (nSPS) is 17.4. The first-order valence-electron chi connectivity index (χ1n) is 11.1. The minimum absolute atomic E-state index is 0.0351. The summed E-state index contributed by atoms with van der Waals surface area (Å²) in [7, 11) is 1.58. The maximum Gasteiger partial charge on any atom is 0.277 e. The molecule has 5 nitrogen and oxygen atoms in total. The topological polar surface area (TPSA) is 59.8 Å². The molecule has 1 aliphatic carbocycles. The van der Waals surface area contributed by atoms with E-state index in [-0.39, 0.29) is 41.5 Å². The number of hydrogen-bond donors (Lipinski definition) is 1. The molecule has 0 fully saturated rings. The van der Waals surface area contributed by atoms with Crippen molar-refractivity contribution in [2.45, 2.75) is 58.2 Å². The summed E-state index contributed by atoms with van der Waals surface area (Å²) in [6.07, 6.45) is -0.537. The number of pyridine rings is 1. The number of alkyl halides is 3. The molecule has 2 heterocycles. The van der Waals surface area contributed by atoms with Crippen molar-refractivity contribution in [1.82, 2.24) is 14.5 Å². The Bertz CT molecular complexity index is 1350. The number of fused-ring (bicyclic) bond motifs is 1. The second-order valence-electron chi connectivity index (χ2n) is 8.80. The maximum atomic E-state index is 14.9. The first-order chi connectivity index (χ1) is 16.0. The van der Waals surface area contributed by atoms with Gasteiger partial charge in [0.1, 0.15) is 29.1 Å². The minimum Gasteiger partial charge on any atom is -0.363 e. The number of allylic oxidation sites excluding steroid dienone is 2. The van der Waals surface area contributed by atoms with Crippen LogP contribution in [0.3, 0.4) is 0 Å². The minimum atomic E-state index is -2.75. The van der Waals surface area contributed by atoms with Crippen LogP contribution < -0.4 is 10.9 Å².